The van der Waals surface area contributed by atoms with Gasteiger partial charge < -0.3 is 14.3 Å². The Hall–Kier alpha value is -0.920. The zero-order chi connectivity index (χ0) is 13.3. The van der Waals surface area contributed by atoms with Crippen molar-refractivity contribution < 1.29 is 18.7 Å². The first kappa shape index (κ1) is 13.5. The van der Waals surface area contributed by atoms with E-state index in [0.29, 0.717) is 9.14 Å². The van der Waals surface area contributed by atoms with E-state index in [1.807, 2.05) is 0 Å². The Morgan fingerprint density at radius 2 is 2.22 bits per heavy atom. The van der Waals surface area contributed by atoms with Crippen molar-refractivity contribution in [2.45, 2.75) is 6.10 Å². The highest BCUT2D eigenvalue weighted by atomic mass is 79.9. The first-order valence-corrected chi connectivity index (χ1v) is 6.44. The number of halogens is 3. The molecule has 0 bridgehead atoms. The summed E-state index contributed by atoms with van der Waals surface area (Å²) in [7, 11) is 1.31. The molecular formula is C11H8Br2FNO3. The first-order chi connectivity index (χ1) is 8.54. The van der Waals surface area contributed by atoms with Gasteiger partial charge in [0.2, 0.25) is 5.88 Å². The Bertz CT molecular complexity index is 554. The molecule has 0 aliphatic heterocycles. The van der Waals surface area contributed by atoms with Crippen LogP contribution in [0.15, 0.2) is 31.9 Å². The molecule has 1 atom stereocenters. The standard InChI is InChI=1S/C11H8Br2FNO3/c1-17-11-8(14)5(2-3-15-11)9(16)7-4-6(12)10(13)18-7/h2-4,9,16H,1H3. The van der Waals surface area contributed by atoms with Gasteiger partial charge in [0.1, 0.15) is 11.9 Å². The molecule has 2 aromatic rings. The van der Waals surface area contributed by atoms with Crippen molar-refractivity contribution in [2.24, 2.45) is 0 Å². The van der Waals surface area contributed by atoms with E-state index in [0.717, 1.165) is 0 Å². The molecule has 2 heterocycles. The maximum absolute atomic E-state index is 13.9. The van der Waals surface area contributed by atoms with Crippen LogP contribution in [-0.4, -0.2) is 17.2 Å². The second-order valence-electron chi connectivity index (χ2n) is 3.40. The highest BCUT2D eigenvalue weighted by molar-refractivity contribution is 9.13. The number of aliphatic hydroxyl groups excluding tert-OH is 1. The van der Waals surface area contributed by atoms with Gasteiger partial charge in [0.15, 0.2) is 10.5 Å². The lowest BCUT2D eigenvalue weighted by Crippen LogP contribution is -2.04. The zero-order valence-corrected chi connectivity index (χ0v) is 12.3. The number of furan rings is 1. The van der Waals surface area contributed by atoms with Gasteiger partial charge in [0.25, 0.3) is 0 Å². The van der Waals surface area contributed by atoms with Crippen LogP contribution in [0.5, 0.6) is 5.88 Å². The molecule has 0 saturated carbocycles. The number of aliphatic hydroxyl groups is 1. The van der Waals surface area contributed by atoms with Gasteiger partial charge in [-0.05, 0) is 44.0 Å². The van der Waals surface area contributed by atoms with Crippen LogP contribution in [-0.2, 0) is 0 Å². The SMILES string of the molecule is COc1nccc(C(O)c2cc(Br)c(Br)o2)c1F. The van der Waals surface area contributed by atoms with Crippen molar-refractivity contribution in [1.29, 1.82) is 0 Å². The number of rotatable bonds is 3. The Balaban J connectivity index is 2.42. The third-order valence-electron chi connectivity index (χ3n) is 2.31. The number of methoxy groups -OCH3 is 1. The topological polar surface area (TPSA) is 55.5 Å². The molecule has 1 N–H and O–H groups in total. The molecule has 2 aromatic heterocycles. The fourth-order valence-corrected chi connectivity index (χ4v) is 2.05. The summed E-state index contributed by atoms with van der Waals surface area (Å²) in [6.45, 7) is 0. The normalized spacial score (nSPS) is 12.5. The van der Waals surface area contributed by atoms with Crippen molar-refractivity contribution in [2.75, 3.05) is 7.11 Å². The maximum Gasteiger partial charge on any atom is 0.250 e. The van der Waals surface area contributed by atoms with Gasteiger partial charge >= 0.3 is 0 Å². The fraction of sp³-hybridized carbons (Fsp3) is 0.182. The van der Waals surface area contributed by atoms with Crippen LogP contribution in [0.25, 0.3) is 0 Å². The summed E-state index contributed by atoms with van der Waals surface area (Å²) >= 11 is 6.37. The first-order valence-electron chi connectivity index (χ1n) is 4.85. The molecule has 0 saturated heterocycles. The lowest BCUT2D eigenvalue weighted by molar-refractivity contribution is 0.181. The zero-order valence-electron chi connectivity index (χ0n) is 9.15. The van der Waals surface area contributed by atoms with Crippen LogP contribution in [0.3, 0.4) is 0 Å². The van der Waals surface area contributed by atoms with Crippen LogP contribution in [0, 0.1) is 5.82 Å². The number of aromatic nitrogens is 1. The van der Waals surface area contributed by atoms with E-state index in [1.165, 1.54) is 19.4 Å². The molecule has 0 spiro atoms. The van der Waals surface area contributed by atoms with Crippen molar-refractivity contribution >= 4 is 31.9 Å². The lowest BCUT2D eigenvalue weighted by Gasteiger charge is -2.10. The van der Waals surface area contributed by atoms with Crippen LogP contribution in [0.4, 0.5) is 4.39 Å². The molecule has 0 radical (unpaired) electrons. The molecule has 0 aliphatic rings. The number of nitrogens with zero attached hydrogens (tertiary/aromatic N) is 1. The number of hydrogen-bond acceptors (Lipinski definition) is 4. The number of ether oxygens (including phenoxy) is 1. The third kappa shape index (κ3) is 2.43. The summed E-state index contributed by atoms with van der Waals surface area (Å²) in [6, 6.07) is 2.92. The number of pyridine rings is 1. The molecule has 1 unspecified atom stereocenters. The molecule has 96 valence electrons. The van der Waals surface area contributed by atoms with Crippen LogP contribution < -0.4 is 4.74 Å². The van der Waals surface area contributed by atoms with Gasteiger partial charge in [-0.25, -0.2) is 9.37 Å². The summed E-state index contributed by atoms with van der Waals surface area (Å²) in [5, 5.41) is 10.1. The summed E-state index contributed by atoms with van der Waals surface area (Å²) < 4.78 is 25.0. The molecule has 0 amide bonds. The van der Waals surface area contributed by atoms with Gasteiger partial charge in [-0.1, -0.05) is 0 Å². The van der Waals surface area contributed by atoms with E-state index in [-0.39, 0.29) is 17.2 Å². The Labute approximate surface area is 119 Å². The van der Waals surface area contributed by atoms with E-state index in [2.05, 4.69) is 36.8 Å². The van der Waals surface area contributed by atoms with Gasteiger partial charge in [-0.2, -0.15) is 0 Å². The summed E-state index contributed by atoms with van der Waals surface area (Å²) in [6.07, 6.45) is 0.123. The van der Waals surface area contributed by atoms with Crippen LogP contribution in [0.2, 0.25) is 0 Å². The largest absolute Gasteiger partial charge is 0.479 e. The molecule has 0 fully saturated rings. The summed E-state index contributed by atoms with van der Waals surface area (Å²) in [4.78, 5) is 3.70. The molecule has 4 nitrogen and oxygen atoms in total. The minimum atomic E-state index is -1.23. The van der Waals surface area contributed by atoms with Crippen molar-refractivity contribution in [1.82, 2.24) is 4.98 Å². The molecule has 2 rings (SSSR count). The van der Waals surface area contributed by atoms with Crippen molar-refractivity contribution in [3.05, 3.63) is 44.6 Å². The molecule has 0 aliphatic carbocycles. The van der Waals surface area contributed by atoms with Gasteiger partial charge in [0, 0.05) is 11.8 Å². The van der Waals surface area contributed by atoms with E-state index in [4.69, 9.17) is 9.15 Å². The Morgan fingerprint density at radius 1 is 1.50 bits per heavy atom. The molecular weight excluding hydrogens is 373 g/mol. The van der Waals surface area contributed by atoms with Gasteiger partial charge in [0.05, 0.1) is 11.6 Å². The van der Waals surface area contributed by atoms with Crippen molar-refractivity contribution in [3.8, 4) is 5.88 Å². The van der Waals surface area contributed by atoms with Gasteiger partial charge in [-0.3, -0.25) is 0 Å². The fourth-order valence-electron chi connectivity index (χ4n) is 1.44. The maximum atomic E-state index is 13.9. The number of hydrogen-bond donors (Lipinski definition) is 1. The minimum absolute atomic E-state index is 0.0376. The quantitative estimate of drug-likeness (QED) is 0.886. The average Bonchev–Trinajstić information content (AvgIpc) is 2.69. The smallest absolute Gasteiger partial charge is 0.250 e. The summed E-state index contributed by atoms with van der Waals surface area (Å²) in [5.41, 5.74) is 0.0376. The van der Waals surface area contributed by atoms with E-state index < -0.39 is 11.9 Å². The predicted molar refractivity (Wildman–Crippen MR) is 68.9 cm³/mol. The summed E-state index contributed by atoms with van der Waals surface area (Å²) in [5.74, 6) is -0.673. The minimum Gasteiger partial charge on any atom is -0.479 e. The average molecular weight is 381 g/mol. The highest BCUT2D eigenvalue weighted by Crippen LogP contribution is 2.34. The second kappa shape index (κ2) is 5.38. The highest BCUT2D eigenvalue weighted by Gasteiger charge is 2.22. The third-order valence-corrected chi connectivity index (χ3v) is 4.02. The van der Waals surface area contributed by atoms with Crippen LogP contribution in [0.1, 0.15) is 17.4 Å². The predicted octanol–water partition coefficient (Wildman–Crippen LogP) is 3.43. The molecule has 7 heteroatoms. The van der Waals surface area contributed by atoms with E-state index in [9.17, 15) is 9.50 Å². The lowest BCUT2D eigenvalue weighted by atomic mass is 10.1. The Morgan fingerprint density at radius 3 is 2.78 bits per heavy atom. The van der Waals surface area contributed by atoms with Gasteiger partial charge in [-0.15, -0.1) is 0 Å². The van der Waals surface area contributed by atoms with Crippen LogP contribution >= 0.6 is 31.9 Å². The molecule has 0 aromatic carbocycles. The second-order valence-corrected chi connectivity index (χ2v) is 4.97. The van der Waals surface area contributed by atoms with Crippen molar-refractivity contribution in [3.63, 3.8) is 0 Å². The Kier molecular flexibility index (Phi) is 4.04. The monoisotopic (exact) mass is 379 g/mol. The molecule has 18 heavy (non-hydrogen) atoms. The van der Waals surface area contributed by atoms with E-state index in [1.54, 1.807) is 6.07 Å². The van der Waals surface area contributed by atoms with E-state index >= 15 is 0 Å².